The smallest absolute Gasteiger partial charge is 0.264 e. The van der Waals surface area contributed by atoms with Gasteiger partial charge in [-0.15, -0.1) is 0 Å². The first-order chi connectivity index (χ1) is 16.7. The van der Waals surface area contributed by atoms with E-state index in [9.17, 15) is 14.4 Å². The third kappa shape index (κ3) is 5.28. The number of hydrogen-bond donors (Lipinski definition) is 1. The standard InChI is InChI=1S/C27H38N4O4/c1-17(2)31-25-9-7-6-8-19(25)12-24(27(31)34)26(33)28-20-13-21-10-11-22(14-20)30(21)16-23(35-5)15-29(4)18(3)32/h6-9,12,17,20-23H,10-11,13-16H2,1-5H3,(H,28,33)/t20-,21-,22+,23?. The molecule has 2 bridgehead atoms. The van der Waals surface area contributed by atoms with Crippen molar-refractivity contribution in [1.82, 2.24) is 19.7 Å². The Morgan fingerprint density at radius 2 is 1.83 bits per heavy atom. The number of likely N-dealkylation sites (N-methyl/N-ethyl adjacent to an activating group) is 1. The molecule has 2 amide bonds. The summed E-state index contributed by atoms with van der Waals surface area (Å²) in [6.07, 6.45) is 3.84. The normalized spacial score (nSPS) is 23.0. The van der Waals surface area contributed by atoms with E-state index in [-0.39, 0.29) is 41.1 Å². The molecule has 190 valence electrons. The second-order valence-corrected chi connectivity index (χ2v) is 10.4. The number of fused-ring (bicyclic) bond motifs is 3. The summed E-state index contributed by atoms with van der Waals surface area (Å²) in [6.45, 7) is 6.82. The fourth-order valence-electron chi connectivity index (χ4n) is 5.79. The lowest BCUT2D eigenvalue weighted by Crippen LogP contribution is -2.53. The van der Waals surface area contributed by atoms with Crippen LogP contribution in [-0.4, -0.2) is 77.7 Å². The van der Waals surface area contributed by atoms with E-state index in [0.29, 0.717) is 18.6 Å². The highest BCUT2D eigenvalue weighted by Gasteiger charge is 2.42. The fraction of sp³-hybridized carbons (Fsp3) is 0.593. The van der Waals surface area contributed by atoms with Gasteiger partial charge in [0, 0.05) is 58.3 Å². The molecule has 2 aromatic rings. The van der Waals surface area contributed by atoms with Gasteiger partial charge in [0.1, 0.15) is 5.56 Å². The van der Waals surface area contributed by atoms with Crippen molar-refractivity contribution in [2.24, 2.45) is 0 Å². The Balaban J connectivity index is 1.46. The molecular formula is C27H38N4O4. The third-order valence-electron chi connectivity index (χ3n) is 7.69. The summed E-state index contributed by atoms with van der Waals surface area (Å²) in [5, 5.41) is 4.07. The number of carbonyl (C=O) groups is 2. The summed E-state index contributed by atoms with van der Waals surface area (Å²) in [6, 6.07) is 10.2. The van der Waals surface area contributed by atoms with Crippen LogP contribution < -0.4 is 10.9 Å². The van der Waals surface area contributed by atoms with Gasteiger partial charge in [-0.25, -0.2) is 0 Å². The summed E-state index contributed by atoms with van der Waals surface area (Å²) >= 11 is 0. The predicted molar refractivity (Wildman–Crippen MR) is 137 cm³/mol. The summed E-state index contributed by atoms with van der Waals surface area (Å²) in [7, 11) is 3.49. The van der Waals surface area contributed by atoms with Gasteiger partial charge in [0.2, 0.25) is 5.91 Å². The zero-order chi connectivity index (χ0) is 25.3. The lowest BCUT2D eigenvalue weighted by molar-refractivity contribution is -0.129. The van der Waals surface area contributed by atoms with Gasteiger partial charge >= 0.3 is 0 Å². The van der Waals surface area contributed by atoms with Crippen LogP contribution in [0.4, 0.5) is 0 Å². The van der Waals surface area contributed by atoms with Crippen molar-refractivity contribution in [1.29, 1.82) is 0 Å². The summed E-state index contributed by atoms with van der Waals surface area (Å²) in [4.78, 5) is 42.3. The molecule has 0 saturated carbocycles. The van der Waals surface area contributed by atoms with Crippen LogP contribution in [-0.2, 0) is 9.53 Å². The molecule has 3 heterocycles. The van der Waals surface area contributed by atoms with Crippen molar-refractivity contribution in [2.45, 2.75) is 76.7 Å². The van der Waals surface area contributed by atoms with Crippen LogP contribution in [0, 0.1) is 0 Å². The third-order valence-corrected chi connectivity index (χ3v) is 7.69. The molecule has 2 fully saturated rings. The highest BCUT2D eigenvalue weighted by atomic mass is 16.5. The predicted octanol–water partition coefficient (Wildman–Crippen LogP) is 2.80. The van der Waals surface area contributed by atoms with Gasteiger partial charge in [0.05, 0.1) is 11.6 Å². The lowest BCUT2D eigenvalue weighted by Gasteiger charge is -2.41. The number of aromatic nitrogens is 1. The minimum absolute atomic E-state index is 0.0293. The number of piperidine rings is 1. The Bertz CT molecular complexity index is 1130. The summed E-state index contributed by atoms with van der Waals surface area (Å²) in [5.41, 5.74) is 0.812. The second kappa shape index (κ2) is 10.5. The maximum absolute atomic E-state index is 13.3. The topological polar surface area (TPSA) is 83.9 Å². The molecule has 4 atom stereocenters. The van der Waals surface area contributed by atoms with Crippen molar-refractivity contribution < 1.29 is 14.3 Å². The zero-order valence-electron chi connectivity index (χ0n) is 21.5. The SMILES string of the molecule is COC(CN(C)C(C)=O)CN1[C@@H]2CC[C@H]1C[C@H](NC(=O)c1cc3ccccc3n(C(C)C)c1=O)C2. The molecule has 8 nitrogen and oxygen atoms in total. The molecule has 2 saturated heterocycles. The van der Waals surface area contributed by atoms with Crippen LogP contribution in [0.15, 0.2) is 35.1 Å². The highest BCUT2D eigenvalue weighted by molar-refractivity contribution is 5.97. The molecule has 1 aromatic heterocycles. The fourth-order valence-corrected chi connectivity index (χ4v) is 5.79. The zero-order valence-corrected chi connectivity index (χ0v) is 21.5. The van der Waals surface area contributed by atoms with E-state index in [1.165, 1.54) is 0 Å². The number of methoxy groups -OCH3 is 1. The van der Waals surface area contributed by atoms with E-state index in [4.69, 9.17) is 4.74 Å². The van der Waals surface area contributed by atoms with Crippen molar-refractivity contribution >= 4 is 22.7 Å². The Morgan fingerprint density at radius 3 is 2.43 bits per heavy atom. The van der Waals surface area contributed by atoms with Crippen LogP contribution >= 0.6 is 0 Å². The Morgan fingerprint density at radius 1 is 1.17 bits per heavy atom. The van der Waals surface area contributed by atoms with Crippen LogP contribution in [0.3, 0.4) is 0 Å². The number of rotatable bonds is 8. The number of para-hydroxylation sites is 1. The molecule has 8 heteroatoms. The van der Waals surface area contributed by atoms with E-state index in [1.807, 2.05) is 38.1 Å². The van der Waals surface area contributed by atoms with Crippen LogP contribution in [0.25, 0.3) is 10.9 Å². The van der Waals surface area contributed by atoms with E-state index in [2.05, 4.69) is 10.2 Å². The van der Waals surface area contributed by atoms with Crippen LogP contribution in [0.2, 0.25) is 0 Å². The molecule has 0 aliphatic carbocycles. The van der Waals surface area contributed by atoms with Gasteiger partial charge in [0.25, 0.3) is 11.5 Å². The largest absolute Gasteiger partial charge is 0.378 e. The summed E-state index contributed by atoms with van der Waals surface area (Å²) < 4.78 is 7.39. The van der Waals surface area contributed by atoms with Crippen molar-refractivity contribution in [3.8, 4) is 0 Å². The number of benzene rings is 1. The van der Waals surface area contributed by atoms with Crippen molar-refractivity contribution in [2.75, 3.05) is 27.2 Å². The number of ether oxygens (including phenoxy) is 1. The molecule has 2 aliphatic heterocycles. The molecular weight excluding hydrogens is 444 g/mol. The maximum Gasteiger partial charge on any atom is 0.264 e. The number of nitrogens with one attached hydrogen (secondary N) is 1. The van der Waals surface area contributed by atoms with Gasteiger partial charge in [-0.05, 0) is 57.0 Å². The van der Waals surface area contributed by atoms with Gasteiger partial charge in [-0.3, -0.25) is 19.3 Å². The number of nitrogens with zero attached hydrogens (tertiary/aromatic N) is 3. The van der Waals surface area contributed by atoms with Gasteiger partial charge < -0.3 is 19.5 Å². The van der Waals surface area contributed by atoms with E-state index in [1.54, 1.807) is 36.6 Å². The maximum atomic E-state index is 13.3. The van der Waals surface area contributed by atoms with Gasteiger partial charge in [0.15, 0.2) is 0 Å². The molecule has 1 N–H and O–H groups in total. The summed E-state index contributed by atoms with van der Waals surface area (Å²) in [5.74, 6) is -0.257. The number of hydrogen-bond acceptors (Lipinski definition) is 5. The van der Waals surface area contributed by atoms with E-state index in [0.717, 1.165) is 43.1 Å². The van der Waals surface area contributed by atoms with Gasteiger partial charge in [-0.2, -0.15) is 0 Å². The number of amides is 2. The van der Waals surface area contributed by atoms with E-state index >= 15 is 0 Å². The van der Waals surface area contributed by atoms with Crippen molar-refractivity contribution in [3.05, 3.63) is 46.2 Å². The molecule has 1 unspecified atom stereocenters. The first kappa shape index (κ1) is 25.4. The quantitative estimate of drug-likeness (QED) is 0.626. The van der Waals surface area contributed by atoms with Crippen LogP contribution in [0.1, 0.15) is 62.9 Å². The van der Waals surface area contributed by atoms with Gasteiger partial charge in [-0.1, -0.05) is 18.2 Å². The molecule has 2 aliphatic rings. The number of pyridine rings is 1. The molecule has 4 rings (SSSR count). The average molecular weight is 483 g/mol. The minimum Gasteiger partial charge on any atom is -0.378 e. The first-order valence-corrected chi connectivity index (χ1v) is 12.6. The molecule has 35 heavy (non-hydrogen) atoms. The van der Waals surface area contributed by atoms with Crippen LogP contribution in [0.5, 0.6) is 0 Å². The molecule has 1 aromatic carbocycles. The molecule has 0 radical (unpaired) electrons. The molecule has 0 spiro atoms. The van der Waals surface area contributed by atoms with E-state index < -0.39 is 0 Å². The second-order valence-electron chi connectivity index (χ2n) is 10.4. The lowest BCUT2D eigenvalue weighted by atomic mass is 9.96. The monoisotopic (exact) mass is 482 g/mol. The Hall–Kier alpha value is -2.71. The Kier molecular flexibility index (Phi) is 7.62. The average Bonchev–Trinajstić information content (AvgIpc) is 3.04. The number of carbonyl (C=O) groups excluding carboxylic acids is 2. The highest BCUT2D eigenvalue weighted by Crippen LogP contribution is 2.36. The minimum atomic E-state index is -0.286. The van der Waals surface area contributed by atoms with Crippen molar-refractivity contribution in [3.63, 3.8) is 0 Å². The first-order valence-electron chi connectivity index (χ1n) is 12.6. The Labute approximate surface area is 207 Å².